The van der Waals surface area contributed by atoms with Crippen molar-refractivity contribution in [2.24, 2.45) is 16.6 Å². The number of likely N-dealkylation sites (tertiary alicyclic amines) is 1. The fraction of sp³-hybridized carbons (Fsp3) is 0.429. The van der Waals surface area contributed by atoms with Crippen molar-refractivity contribution in [3.63, 3.8) is 0 Å². The number of guanidine groups is 1. The number of hydrogen-bond donors (Lipinski definition) is 2. The minimum absolute atomic E-state index is 0.0659. The van der Waals surface area contributed by atoms with Gasteiger partial charge < -0.3 is 16.0 Å². The predicted molar refractivity (Wildman–Crippen MR) is 112 cm³/mol. The van der Waals surface area contributed by atoms with E-state index >= 15 is 0 Å². The van der Waals surface area contributed by atoms with Crippen LogP contribution in [-0.4, -0.2) is 42.9 Å². The van der Waals surface area contributed by atoms with Gasteiger partial charge >= 0.3 is 0 Å². The number of nitrogens with two attached hydrogens (primary N) is 1. The zero-order valence-corrected chi connectivity index (χ0v) is 16.5. The van der Waals surface area contributed by atoms with Crippen molar-refractivity contribution < 1.29 is 4.79 Å². The third-order valence-corrected chi connectivity index (χ3v) is 5.91. The predicted octanol–water partition coefficient (Wildman–Crippen LogP) is 2.68. The smallest absolute Gasteiger partial charge is 0.244 e. The second-order valence-electron chi connectivity index (χ2n) is 6.97. The normalized spacial score (nSPS) is 15.7. The Morgan fingerprint density at radius 2 is 1.96 bits per heavy atom. The van der Waals surface area contributed by atoms with Crippen molar-refractivity contribution in [2.45, 2.75) is 25.7 Å². The summed E-state index contributed by atoms with van der Waals surface area (Å²) in [5.41, 5.74) is 7.25. The number of benzene rings is 1. The Morgan fingerprint density at radius 1 is 1.19 bits per heavy atom. The summed E-state index contributed by atoms with van der Waals surface area (Å²) in [5.74, 6) is 1.07. The Labute approximate surface area is 165 Å². The summed E-state index contributed by atoms with van der Waals surface area (Å²) in [5, 5.41) is 5.14. The fourth-order valence-electron chi connectivity index (χ4n) is 3.41. The Morgan fingerprint density at radius 3 is 2.67 bits per heavy atom. The number of carbonyl (C=O) groups is 1. The lowest BCUT2D eigenvalue weighted by Gasteiger charge is -2.31. The minimum atomic E-state index is 0.0659. The van der Waals surface area contributed by atoms with E-state index in [1.165, 1.54) is 10.4 Å². The molecule has 0 aliphatic carbocycles. The van der Waals surface area contributed by atoms with Gasteiger partial charge in [-0.2, -0.15) is 0 Å². The largest absolute Gasteiger partial charge is 0.370 e. The Hall–Kier alpha value is -2.34. The standard InChI is InChI=1S/C21H28N4OS/c22-21(23-11-8-19-7-4-14-27-19)24-16-20(26)25-12-9-18(10-13-25)15-17-5-2-1-3-6-17/h1-7,14,18H,8-13,15-16H2,(H3,22,23,24). The highest BCUT2D eigenvalue weighted by Gasteiger charge is 2.22. The van der Waals surface area contributed by atoms with Crippen LogP contribution >= 0.6 is 11.3 Å². The molecule has 1 amide bonds. The zero-order chi connectivity index (χ0) is 18.9. The Balaban J connectivity index is 1.35. The number of hydrogen-bond acceptors (Lipinski definition) is 3. The molecular weight excluding hydrogens is 356 g/mol. The molecule has 0 unspecified atom stereocenters. The van der Waals surface area contributed by atoms with Crippen molar-refractivity contribution in [3.8, 4) is 0 Å². The van der Waals surface area contributed by atoms with E-state index in [0.29, 0.717) is 11.9 Å². The van der Waals surface area contributed by atoms with E-state index in [1.807, 2.05) is 17.0 Å². The molecule has 2 aromatic rings. The molecule has 3 N–H and O–H groups in total. The molecule has 1 aromatic heterocycles. The van der Waals surface area contributed by atoms with Gasteiger partial charge in [-0.3, -0.25) is 4.79 Å². The third kappa shape index (κ3) is 6.40. The van der Waals surface area contributed by atoms with Crippen molar-refractivity contribution in [1.82, 2.24) is 10.2 Å². The second-order valence-corrected chi connectivity index (χ2v) is 8.00. The quantitative estimate of drug-likeness (QED) is 0.569. The summed E-state index contributed by atoms with van der Waals surface area (Å²) in [6.45, 7) is 2.49. The maximum atomic E-state index is 12.4. The number of nitrogens with one attached hydrogen (secondary N) is 1. The first-order chi connectivity index (χ1) is 13.2. The van der Waals surface area contributed by atoms with Crippen LogP contribution in [0.25, 0.3) is 0 Å². The maximum Gasteiger partial charge on any atom is 0.244 e. The molecule has 2 heterocycles. The van der Waals surface area contributed by atoms with Crippen LogP contribution in [0.3, 0.4) is 0 Å². The van der Waals surface area contributed by atoms with Crippen LogP contribution < -0.4 is 11.1 Å². The molecule has 0 saturated carbocycles. The summed E-state index contributed by atoms with van der Waals surface area (Å²) in [6.07, 6.45) is 4.12. The topological polar surface area (TPSA) is 70.7 Å². The highest BCUT2D eigenvalue weighted by molar-refractivity contribution is 7.09. The third-order valence-electron chi connectivity index (χ3n) is 4.98. The Kier molecular flexibility index (Phi) is 7.27. The van der Waals surface area contributed by atoms with E-state index in [0.717, 1.165) is 45.3 Å². The summed E-state index contributed by atoms with van der Waals surface area (Å²) in [4.78, 5) is 19.8. The van der Waals surface area contributed by atoms with Gasteiger partial charge in [-0.05, 0) is 48.6 Å². The summed E-state index contributed by atoms with van der Waals surface area (Å²) in [7, 11) is 0. The van der Waals surface area contributed by atoms with Gasteiger partial charge in [-0.15, -0.1) is 11.3 Å². The highest BCUT2D eigenvalue weighted by Crippen LogP contribution is 2.21. The molecule has 0 atom stereocenters. The molecule has 1 aliphatic heterocycles. The highest BCUT2D eigenvalue weighted by atomic mass is 32.1. The van der Waals surface area contributed by atoms with Gasteiger partial charge in [0, 0.05) is 24.5 Å². The van der Waals surface area contributed by atoms with Gasteiger partial charge in [-0.1, -0.05) is 36.4 Å². The van der Waals surface area contributed by atoms with Crippen molar-refractivity contribution in [1.29, 1.82) is 0 Å². The average Bonchev–Trinajstić information content (AvgIpc) is 3.21. The molecule has 1 saturated heterocycles. The van der Waals surface area contributed by atoms with Crippen LogP contribution in [0.1, 0.15) is 23.3 Å². The van der Waals surface area contributed by atoms with E-state index < -0.39 is 0 Å². The lowest BCUT2D eigenvalue weighted by molar-refractivity contribution is -0.130. The minimum Gasteiger partial charge on any atom is -0.370 e. The van der Waals surface area contributed by atoms with E-state index in [1.54, 1.807) is 11.3 Å². The molecule has 1 aliphatic rings. The van der Waals surface area contributed by atoms with Gasteiger partial charge in [0.1, 0.15) is 6.54 Å². The van der Waals surface area contributed by atoms with Gasteiger partial charge in [-0.25, -0.2) is 4.99 Å². The lowest BCUT2D eigenvalue weighted by atomic mass is 9.90. The first-order valence-corrected chi connectivity index (χ1v) is 10.5. The van der Waals surface area contributed by atoms with Crippen LogP contribution in [0.2, 0.25) is 0 Å². The van der Waals surface area contributed by atoms with E-state index in [4.69, 9.17) is 5.73 Å². The monoisotopic (exact) mass is 384 g/mol. The Bertz CT molecular complexity index is 722. The van der Waals surface area contributed by atoms with Crippen LogP contribution in [-0.2, 0) is 17.6 Å². The molecule has 0 spiro atoms. The molecule has 0 radical (unpaired) electrons. The van der Waals surface area contributed by atoms with Crippen molar-refractivity contribution in [3.05, 3.63) is 58.3 Å². The van der Waals surface area contributed by atoms with Gasteiger partial charge in [0.2, 0.25) is 5.91 Å². The molecule has 6 heteroatoms. The number of thiophene rings is 1. The van der Waals surface area contributed by atoms with Gasteiger partial charge in [0.25, 0.3) is 0 Å². The molecular formula is C21H28N4OS. The maximum absolute atomic E-state index is 12.4. The van der Waals surface area contributed by atoms with E-state index in [-0.39, 0.29) is 12.5 Å². The number of aliphatic imine (C=N–C) groups is 1. The van der Waals surface area contributed by atoms with E-state index in [2.05, 4.69) is 46.0 Å². The summed E-state index contributed by atoms with van der Waals surface area (Å²) < 4.78 is 0. The first kappa shape index (κ1) is 19.4. The van der Waals surface area contributed by atoms with Crippen molar-refractivity contribution in [2.75, 3.05) is 26.2 Å². The molecule has 0 bridgehead atoms. The number of nitrogens with zero attached hydrogens (tertiary/aromatic N) is 2. The molecule has 1 aromatic carbocycles. The lowest BCUT2D eigenvalue weighted by Crippen LogP contribution is -2.41. The fourth-order valence-corrected chi connectivity index (χ4v) is 4.12. The zero-order valence-electron chi connectivity index (χ0n) is 15.6. The SMILES string of the molecule is NC(=NCC(=O)N1CCC(Cc2ccccc2)CC1)NCCc1cccs1. The molecule has 1 fully saturated rings. The average molecular weight is 385 g/mol. The molecule has 27 heavy (non-hydrogen) atoms. The van der Waals surface area contributed by atoms with Gasteiger partial charge in [0.05, 0.1) is 0 Å². The number of piperidine rings is 1. The molecule has 5 nitrogen and oxygen atoms in total. The van der Waals surface area contributed by atoms with Crippen molar-refractivity contribution >= 4 is 23.2 Å². The molecule has 3 rings (SSSR count). The molecule has 144 valence electrons. The van der Waals surface area contributed by atoms with Crippen LogP contribution in [0, 0.1) is 5.92 Å². The second kappa shape index (κ2) is 10.1. The van der Waals surface area contributed by atoms with Gasteiger partial charge in [0.15, 0.2) is 5.96 Å². The van der Waals surface area contributed by atoms with E-state index in [9.17, 15) is 4.79 Å². The van der Waals surface area contributed by atoms with Crippen LogP contribution in [0.15, 0.2) is 52.8 Å². The first-order valence-electron chi connectivity index (χ1n) is 9.58. The number of amides is 1. The van der Waals surface area contributed by atoms with Crippen LogP contribution in [0.5, 0.6) is 0 Å². The van der Waals surface area contributed by atoms with Crippen LogP contribution in [0.4, 0.5) is 0 Å². The summed E-state index contributed by atoms with van der Waals surface area (Å²) >= 11 is 1.73. The number of rotatable bonds is 7. The number of carbonyl (C=O) groups excluding carboxylic acids is 1. The summed E-state index contributed by atoms with van der Waals surface area (Å²) in [6, 6.07) is 14.7.